The third-order valence-corrected chi connectivity index (χ3v) is 4.00. The van der Waals surface area contributed by atoms with Gasteiger partial charge >= 0.3 is 0 Å². The third kappa shape index (κ3) is 1.01. The summed E-state index contributed by atoms with van der Waals surface area (Å²) in [5.74, 6) is 0.863. The van der Waals surface area contributed by atoms with Gasteiger partial charge in [0.1, 0.15) is 0 Å². The first-order chi connectivity index (χ1) is 5.27. The maximum Gasteiger partial charge on any atom is 0.0548 e. The fraction of sp³-hybridized carbons (Fsp3) is 1.00. The van der Waals surface area contributed by atoms with Crippen LogP contribution in [-0.4, -0.2) is 11.2 Å². The highest BCUT2D eigenvalue weighted by atomic mass is 16.3. The van der Waals surface area contributed by atoms with Crippen molar-refractivity contribution in [2.45, 2.75) is 51.6 Å². The Kier molecular flexibility index (Phi) is 1.71. The van der Waals surface area contributed by atoms with Crippen molar-refractivity contribution in [1.29, 1.82) is 0 Å². The summed E-state index contributed by atoms with van der Waals surface area (Å²) < 4.78 is 0. The molecule has 64 valence electrons. The summed E-state index contributed by atoms with van der Waals surface area (Å²) in [6.45, 7) is 2.29. The van der Waals surface area contributed by atoms with Crippen LogP contribution in [0.2, 0.25) is 0 Å². The van der Waals surface area contributed by atoms with Crippen LogP contribution in [0.3, 0.4) is 0 Å². The van der Waals surface area contributed by atoms with Crippen molar-refractivity contribution in [3.05, 3.63) is 0 Å². The Labute approximate surface area is 68.8 Å². The SMILES string of the molecule is CCC12CCCC1CC(O)C2. The summed E-state index contributed by atoms with van der Waals surface area (Å²) >= 11 is 0. The van der Waals surface area contributed by atoms with Crippen molar-refractivity contribution in [1.82, 2.24) is 0 Å². The van der Waals surface area contributed by atoms with Gasteiger partial charge in [0.15, 0.2) is 0 Å². The minimum atomic E-state index is 0.0280. The zero-order chi connectivity index (χ0) is 7.90. The molecule has 3 atom stereocenters. The molecule has 0 aliphatic heterocycles. The second-order valence-corrected chi connectivity index (χ2v) is 4.40. The van der Waals surface area contributed by atoms with Gasteiger partial charge in [0.25, 0.3) is 0 Å². The molecule has 0 aromatic heterocycles. The van der Waals surface area contributed by atoms with Gasteiger partial charge in [-0.25, -0.2) is 0 Å². The van der Waals surface area contributed by atoms with E-state index in [1.54, 1.807) is 0 Å². The Bertz CT molecular complexity index is 155. The summed E-state index contributed by atoms with van der Waals surface area (Å²) in [4.78, 5) is 0. The Morgan fingerprint density at radius 3 is 3.00 bits per heavy atom. The van der Waals surface area contributed by atoms with Crippen LogP contribution in [-0.2, 0) is 0 Å². The van der Waals surface area contributed by atoms with Crippen molar-refractivity contribution >= 4 is 0 Å². The van der Waals surface area contributed by atoms with E-state index >= 15 is 0 Å². The van der Waals surface area contributed by atoms with E-state index in [9.17, 15) is 5.11 Å². The normalized spacial score (nSPS) is 49.6. The summed E-state index contributed by atoms with van der Waals surface area (Å²) in [5, 5.41) is 9.53. The molecule has 2 aliphatic rings. The molecule has 11 heavy (non-hydrogen) atoms. The summed E-state index contributed by atoms with van der Waals surface area (Å²) in [6.07, 6.45) is 7.66. The fourth-order valence-corrected chi connectivity index (χ4v) is 3.34. The topological polar surface area (TPSA) is 20.2 Å². The van der Waals surface area contributed by atoms with E-state index in [0.717, 1.165) is 18.8 Å². The first-order valence-electron chi connectivity index (χ1n) is 4.95. The average molecular weight is 154 g/mol. The molecule has 3 unspecified atom stereocenters. The summed E-state index contributed by atoms with van der Waals surface area (Å²) in [5.41, 5.74) is 0.569. The van der Waals surface area contributed by atoms with Gasteiger partial charge < -0.3 is 5.11 Å². The number of rotatable bonds is 1. The molecule has 1 N–H and O–H groups in total. The quantitative estimate of drug-likeness (QED) is 0.614. The number of hydrogen-bond acceptors (Lipinski definition) is 1. The van der Waals surface area contributed by atoms with E-state index in [-0.39, 0.29) is 6.10 Å². The van der Waals surface area contributed by atoms with Crippen LogP contribution < -0.4 is 0 Å². The smallest absolute Gasteiger partial charge is 0.0548 e. The molecule has 2 aliphatic carbocycles. The van der Waals surface area contributed by atoms with Crippen LogP contribution in [0.25, 0.3) is 0 Å². The minimum absolute atomic E-state index is 0.0280. The monoisotopic (exact) mass is 154 g/mol. The lowest BCUT2D eigenvalue weighted by atomic mass is 9.78. The first-order valence-corrected chi connectivity index (χ1v) is 4.95. The molecule has 2 rings (SSSR count). The molecule has 2 fully saturated rings. The van der Waals surface area contributed by atoms with Crippen LogP contribution in [0.1, 0.15) is 45.4 Å². The fourth-order valence-electron chi connectivity index (χ4n) is 3.34. The zero-order valence-corrected chi connectivity index (χ0v) is 7.34. The lowest BCUT2D eigenvalue weighted by Crippen LogP contribution is -2.18. The lowest BCUT2D eigenvalue weighted by molar-refractivity contribution is 0.154. The van der Waals surface area contributed by atoms with Gasteiger partial charge in [-0.3, -0.25) is 0 Å². The molecule has 0 aromatic carbocycles. The summed E-state index contributed by atoms with van der Waals surface area (Å²) in [7, 11) is 0. The van der Waals surface area contributed by atoms with Gasteiger partial charge in [-0.15, -0.1) is 0 Å². The van der Waals surface area contributed by atoms with E-state index in [1.807, 2.05) is 0 Å². The first kappa shape index (κ1) is 7.60. The average Bonchev–Trinajstić information content (AvgIpc) is 2.43. The number of aliphatic hydroxyl groups excluding tert-OH is 1. The molecule has 0 amide bonds. The largest absolute Gasteiger partial charge is 0.393 e. The molecular weight excluding hydrogens is 136 g/mol. The van der Waals surface area contributed by atoms with E-state index in [2.05, 4.69) is 6.92 Å². The predicted octanol–water partition coefficient (Wildman–Crippen LogP) is 2.34. The highest BCUT2D eigenvalue weighted by molar-refractivity contribution is 4.98. The van der Waals surface area contributed by atoms with Crippen molar-refractivity contribution in [3.8, 4) is 0 Å². The Hall–Kier alpha value is -0.0400. The molecule has 0 aromatic rings. The molecule has 0 radical (unpaired) electrons. The van der Waals surface area contributed by atoms with Gasteiger partial charge in [0.05, 0.1) is 6.10 Å². The highest BCUT2D eigenvalue weighted by Gasteiger charge is 2.47. The second-order valence-electron chi connectivity index (χ2n) is 4.40. The van der Waals surface area contributed by atoms with Gasteiger partial charge in [-0.1, -0.05) is 19.8 Å². The standard InChI is InChI=1S/C10H18O/c1-2-10-5-3-4-8(10)6-9(11)7-10/h8-9,11H,2-7H2,1H3. The molecule has 0 heterocycles. The molecule has 0 saturated heterocycles. The molecule has 0 spiro atoms. The van der Waals surface area contributed by atoms with E-state index < -0.39 is 0 Å². The number of aliphatic hydroxyl groups is 1. The van der Waals surface area contributed by atoms with Crippen LogP contribution in [0.5, 0.6) is 0 Å². The molecule has 1 nitrogen and oxygen atoms in total. The van der Waals surface area contributed by atoms with Gasteiger partial charge in [-0.2, -0.15) is 0 Å². The lowest BCUT2D eigenvalue weighted by Gasteiger charge is -2.27. The number of hydrogen-bond donors (Lipinski definition) is 1. The maximum absolute atomic E-state index is 9.53. The summed E-state index contributed by atoms with van der Waals surface area (Å²) in [6, 6.07) is 0. The van der Waals surface area contributed by atoms with Gasteiger partial charge in [-0.05, 0) is 37.0 Å². The second kappa shape index (κ2) is 2.48. The molecule has 2 saturated carbocycles. The Morgan fingerprint density at radius 1 is 1.55 bits per heavy atom. The van der Waals surface area contributed by atoms with Crippen LogP contribution in [0.15, 0.2) is 0 Å². The molecule has 1 heteroatoms. The van der Waals surface area contributed by atoms with Crippen LogP contribution in [0, 0.1) is 11.3 Å². The van der Waals surface area contributed by atoms with Crippen LogP contribution in [0.4, 0.5) is 0 Å². The Balaban J connectivity index is 2.15. The maximum atomic E-state index is 9.53. The number of fused-ring (bicyclic) bond motifs is 1. The zero-order valence-electron chi connectivity index (χ0n) is 7.34. The molecule has 0 bridgehead atoms. The van der Waals surface area contributed by atoms with Crippen molar-refractivity contribution in [2.75, 3.05) is 0 Å². The third-order valence-electron chi connectivity index (χ3n) is 4.00. The van der Waals surface area contributed by atoms with Gasteiger partial charge in [0.2, 0.25) is 0 Å². The molecular formula is C10H18O. The van der Waals surface area contributed by atoms with Crippen molar-refractivity contribution in [2.24, 2.45) is 11.3 Å². The van der Waals surface area contributed by atoms with E-state index in [1.165, 1.54) is 25.7 Å². The van der Waals surface area contributed by atoms with Crippen LogP contribution >= 0.6 is 0 Å². The van der Waals surface area contributed by atoms with Crippen molar-refractivity contribution < 1.29 is 5.11 Å². The van der Waals surface area contributed by atoms with E-state index in [4.69, 9.17) is 0 Å². The van der Waals surface area contributed by atoms with E-state index in [0.29, 0.717) is 5.41 Å². The minimum Gasteiger partial charge on any atom is -0.393 e. The predicted molar refractivity (Wildman–Crippen MR) is 45.3 cm³/mol. The van der Waals surface area contributed by atoms with Crippen molar-refractivity contribution in [3.63, 3.8) is 0 Å². The highest BCUT2D eigenvalue weighted by Crippen LogP contribution is 2.55. The Morgan fingerprint density at radius 2 is 2.36 bits per heavy atom. The van der Waals surface area contributed by atoms with Gasteiger partial charge in [0, 0.05) is 0 Å².